The van der Waals surface area contributed by atoms with Crippen LogP contribution in [0.5, 0.6) is 0 Å². The summed E-state index contributed by atoms with van der Waals surface area (Å²) in [4.78, 5) is 13.4. The number of allylic oxidation sites excluding steroid dienone is 3. The quantitative estimate of drug-likeness (QED) is 0.575. The molecule has 0 saturated heterocycles. The van der Waals surface area contributed by atoms with Crippen LogP contribution in [0.1, 0.15) is 5.69 Å². The van der Waals surface area contributed by atoms with Crippen LogP contribution in [0.25, 0.3) is 28.0 Å². The van der Waals surface area contributed by atoms with Crippen LogP contribution >= 0.6 is 0 Å². The Bertz CT molecular complexity index is 929. The van der Waals surface area contributed by atoms with Crippen LogP contribution in [0.4, 0.5) is 0 Å². The zero-order valence-corrected chi connectivity index (χ0v) is 12.5. The molecule has 23 heavy (non-hydrogen) atoms. The van der Waals surface area contributed by atoms with E-state index in [4.69, 9.17) is 0 Å². The lowest BCUT2D eigenvalue weighted by Gasteiger charge is -2.07. The van der Waals surface area contributed by atoms with Gasteiger partial charge in [0.1, 0.15) is 11.5 Å². The second-order valence-corrected chi connectivity index (χ2v) is 4.92. The molecule has 3 aromatic rings. The molecule has 2 heterocycles. The molecule has 1 aromatic carbocycles. The Morgan fingerprint density at radius 2 is 1.87 bits per heavy atom. The summed E-state index contributed by atoms with van der Waals surface area (Å²) in [5.74, 6) is 0.473. The zero-order valence-electron chi connectivity index (χ0n) is 12.5. The lowest BCUT2D eigenvalue weighted by atomic mass is 10.1. The molecule has 4 nitrogen and oxygen atoms in total. The number of aromatic nitrogens is 3. The molecule has 112 valence electrons. The number of hydrogen-bond acceptors (Lipinski definition) is 4. The summed E-state index contributed by atoms with van der Waals surface area (Å²) >= 11 is 0. The van der Waals surface area contributed by atoms with Gasteiger partial charge in [0.25, 0.3) is 0 Å². The molecule has 0 atom stereocenters. The average Bonchev–Trinajstić information content (AvgIpc) is 2.59. The Labute approximate surface area is 134 Å². The minimum Gasteiger partial charge on any atom is -0.508 e. The summed E-state index contributed by atoms with van der Waals surface area (Å²) in [7, 11) is 0. The van der Waals surface area contributed by atoms with Crippen molar-refractivity contribution in [1.29, 1.82) is 0 Å². The minimum atomic E-state index is -0.0611. The van der Waals surface area contributed by atoms with Crippen LogP contribution in [0.15, 0.2) is 79.7 Å². The molecule has 0 spiro atoms. The van der Waals surface area contributed by atoms with Gasteiger partial charge in [-0.25, -0.2) is 15.0 Å². The first-order valence-electron chi connectivity index (χ1n) is 7.09. The second-order valence-electron chi connectivity index (χ2n) is 4.92. The van der Waals surface area contributed by atoms with Crippen molar-refractivity contribution >= 4 is 16.5 Å². The Morgan fingerprint density at radius 1 is 1.04 bits per heavy atom. The molecule has 0 aliphatic carbocycles. The number of pyridine rings is 1. The van der Waals surface area contributed by atoms with E-state index in [0.29, 0.717) is 22.8 Å². The molecule has 0 unspecified atom stereocenters. The summed E-state index contributed by atoms with van der Waals surface area (Å²) in [6, 6.07) is 13.2. The van der Waals surface area contributed by atoms with Crippen molar-refractivity contribution in [2.24, 2.45) is 0 Å². The van der Waals surface area contributed by atoms with Gasteiger partial charge in [-0.05, 0) is 24.3 Å². The first-order chi connectivity index (χ1) is 11.2. The molecule has 0 aliphatic rings. The fraction of sp³-hybridized carbons (Fsp3) is 0. The Balaban J connectivity index is 2.09. The van der Waals surface area contributed by atoms with E-state index in [-0.39, 0.29) is 5.76 Å². The Hall–Kier alpha value is -3.27. The minimum absolute atomic E-state index is 0.0611. The summed E-state index contributed by atoms with van der Waals surface area (Å²) < 4.78 is 0. The number of para-hydroxylation sites is 1. The summed E-state index contributed by atoms with van der Waals surface area (Å²) in [5.41, 5.74) is 2.59. The van der Waals surface area contributed by atoms with Crippen LogP contribution in [-0.2, 0) is 0 Å². The highest BCUT2D eigenvalue weighted by atomic mass is 16.3. The van der Waals surface area contributed by atoms with Crippen LogP contribution < -0.4 is 0 Å². The van der Waals surface area contributed by atoms with Crippen molar-refractivity contribution in [3.8, 4) is 11.5 Å². The molecule has 0 aliphatic heterocycles. The second kappa shape index (κ2) is 6.23. The zero-order chi connectivity index (χ0) is 16.2. The Kier molecular flexibility index (Phi) is 3.97. The van der Waals surface area contributed by atoms with Gasteiger partial charge in [-0.2, -0.15) is 0 Å². The molecule has 0 bridgehead atoms. The van der Waals surface area contributed by atoms with Crippen LogP contribution in [0.3, 0.4) is 0 Å². The van der Waals surface area contributed by atoms with Crippen molar-refractivity contribution < 1.29 is 5.11 Å². The smallest absolute Gasteiger partial charge is 0.178 e. The summed E-state index contributed by atoms with van der Waals surface area (Å²) in [6.45, 7) is 7.20. The number of nitrogens with zero attached hydrogens (tertiary/aromatic N) is 3. The van der Waals surface area contributed by atoms with Gasteiger partial charge < -0.3 is 5.11 Å². The maximum absolute atomic E-state index is 9.72. The fourth-order valence-electron chi connectivity index (χ4n) is 2.25. The number of benzene rings is 1. The van der Waals surface area contributed by atoms with E-state index in [1.54, 1.807) is 24.4 Å². The van der Waals surface area contributed by atoms with Gasteiger partial charge in [0.2, 0.25) is 0 Å². The van der Waals surface area contributed by atoms with Gasteiger partial charge in [0.05, 0.1) is 11.2 Å². The van der Waals surface area contributed by atoms with Crippen LogP contribution in [-0.4, -0.2) is 20.1 Å². The molecular weight excluding hydrogens is 286 g/mol. The van der Waals surface area contributed by atoms with Crippen molar-refractivity contribution in [2.45, 2.75) is 0 Å². The lowest BCUT2D eigenvalue weighted by molar-refractivity contribution is 0.440. The van der Waals surface area contributed by atoms with E-state index >= 15 is 0 Å². The summed E-state index contributed by atoms with van der Waals surface area (Å²) in [6.07, 6.45) is 5.02. The van der Waals surface area contributed by atoms with E-state index in [1.807, 2.05) is 36.4 Å². The van der Waals surface area contributed by atoms with Gasteiger partial charge in [-0.3, -0.25) is 0 Å². The number of hydrogen-bond donors (Lipinski definition) is 1. The molecule has 0 saturated carbocycles. The van der Waals surface area contributed by atoms with E-state index in [0.717, 1.165) is 10.9 Å². The maximum Gasteiger partial charge on any atom is 0.178 e. The predicted octanol–water partition coefficient (Wildman–Crippen LogP) is 4.33. The van der Waals surface area contributed by atoms with Crippen molar-refractivity contribution in [2.75, 3.05) is 0 Å². The molecule has 3 rings (SSSR count). The first kappa shape index (κ1) is 14.7. The average molecular weight is 301 g/mol. The standard InChI is InChI=1S/C19H15N3O/c1-3-7-15(13(2)23)17-10-6-11-18(21-17)19-20-12-14-8-4-5-9-16(14)22-19/h3-12,23H,1-2H2/b15-7+. The molecule has 0 radical (unpaired) electrons. The molecule has 1 N–H and O–H groups in total. The van der Waals surface area contributed by atoms with Crippen LogP contribution in [0, 0.1) is 0 Å². The van der Waals surface area contributed by atoms with E-state index < -0.39 is 0 Å². The normalized spacial score (nSPS) is 11.4. The third-order valence-electron chi connectivity index (χ3n) is 3.34. The van der Waals surface area contributed by atoms with Gasteiger partial charge in [-0.15, -0.1) is 0 Å². The lowest BCUT2D eigenvalue weighted by Crippen LogP contribution is -1.97. The highest BCUT2D eigenvalue weighted by molar-refractivity contribution is 5.79. The van der Waals surface area contributed by atoms with Gasteiger partial charge in [0, 0.05) is 17.2 Å². The van der Waals surface area contributed by atoms with Crippen molar-refractivity contribution in [1.82, 2.24) is 15.0 Å². The highest BCUT2D eigenvalue weighted by Crippen LogP contribution is 2.22. The monoisotopic (exact) mass is 301 g/mol. The molecular formula is C19H15N3O. The van der Waals surface area contributed by atoms with E-state index in [2.05, 4.69) is 28.1 Å². The first-order valence-corrected chi connectivity index (χ1v) is 7.09. The number of rotatable bonds is 4. The van der Waals surface area contributed by atoms with E-state index in [1.165, 1.54) is 0 Å². The van der Waals surface area contributed by atoms with Gasteiger partial charge in [0.15, 0.2) is 5.82 Å². The number of aliphatic hydroxyl groups is 1. The Morgan fingerprint density at radius 3 is 2.65 bits per heavy atom. The SMILES string of the molecule is C=C/C=C(\C(=C)O)c1cccc(-c2ncc3ccccc3n2)n1. The molecule has 0 fully saturated rings. The third-order valence-corrected chi connectivity index (χ3v) is 3.34. The molecule has 4 heteroatoms. The third kappa shape index (κ3) is 3.01. The van der Waals surface area contributed by atoms with Crippen molar-refractivity contribution in [3.63, 3.8) is 0 Å². The van der Waals surface area contributed by atoms with Gasteiger partial charge >= 0.3 is 0 Å². The number of fused-ring (bicyclic) bond motifs is 1. The van der Waals surface area contributed by atoms with Crippen molar-refractivity contribution in [3.05, 3.63) is 85.4 Å². The summed E-state index contributed by atoms with van der Waals surface area (Å²) in [5, 5.41) is 10.7. The largest absolute Gasteiger partial charge is 0.508 e. The number of aliphatic hydroxyl groups excluding tert-OH is 1. The van der Waals surface area contributed by atoms with E-state index in [9.17, 15) is 5.11 Å². The fourth-order valence-corrected chi connectivity index (χ4v) is 2.25. The molecule has 0 amide bonds. The van der Waals surface area contributed by atoms with Crippen LogP contribution in [0.2, 0.25) is 0 Å². The predicted molar refractivity (Wildman–Crippen MR) is 92.7 cm³/mol. The van der Waals surface area contributed by atoms with Gasteiger partial charge in [-0.1, -0.05) is 43.5 Å². The molecule has 2 aromatic heterocycles. The maximum atomic E-state index is 9.72. The topological polar surface area (TPSA) is 58.9 Å². The highest BCUT2D eigenvalue weighted by Gasteiger charge is 2.09.